The van der Waals surface area contributed by atoms with Crippen LogP contribution in [0.2, 0.25) is 0 Å². The van der Waals surface area contributed by atoms with Gasteiger partial charge in [-0.05, 0) is 5.92 Å². The van der Waals surface area contributed by atoms with E-state index in [-0.39, 0.29) is 0 Å². The Morgan fingerprint density at radius 2 is 0.259 bits per heavy atom. The van der Waals surface area contributed by atoms with Gasteiger partial charge in [0.2, 0.25) is 0 Å². The molecule has 0 aromatic rings. The van der Waals surface area contributed by atoms with Crippen molar-refractivity contribution in [3.05, 3.63) is 0 Å². The molecular weight excluding hydrogens is 649 g/mol. The van der Waals surface area contributed by atoms with Crippen molar-refractivity contribution in [3.63, 3.8) is 0 Å². The first-order valence-electron chi connectivity index (χ1n) is 26.8. The highest BCUT2D eigenvalue weighted by atomic mass is 14.1. The molecule has 0 radical (unpaired) electrons. The minimum absolute atomic E-state index is 1.03. The van der Waals surface area contributed by atoms with Gasteiger partial charge in [0.1, 0.15) is 0 Å². The predicted molar refractivity (Wildman–Crippen MR) is 251 cm³/mol. The molecular formula is C54H110. The third-order valence-corrected chi connectivity index (χ3v) is 13.1. The zero-order chi connectivity index (χ0) is 38.9. The van der Waals surface area contributed by atoms with E-state index < -0.39 is 0 Å². The summed E-state index contributed by atoms with van der Waals surface area (Å²) in [5.74, 6) is 1.03. The molecule has 0 aromatic heterocycles. The van der Waals surface area contributed by atoms with E-state index in [9.17, 15) is 0 Å². The van der Waals surface area contributed by atoms with Crippen molar-refractivity contribution in [2.45, 2.75) is 342 Å². The molecule has 0 amide bonds. The van der Waals surface area contributed by atoms with Crippen molar-refractivity contribution < 1.29 is 0 Å². The lowest BCUT2D eigenvalue weighted by Crippen LogP contribution is -2.01. The molecule has 0 fully saturated rings. The Hall–Kier alpha value is 0. The van der Waals surface area contributed by atoms with Crippen LogP contribution in [0, 0.1) is 5.92 Å². The first-order valence-corrected chi connectivity index (χ1v) is 26.8. The van der Waals surface area contributed by atoms with Crippen LogP contribution < -0.4 is 0 Å². The van der Waals surface area contributed by atoms with Crippen LogP contribution in [0.5, 0.6) is 0 Å². The van der Waals surface area contributed by atoms with Crippen LogP contribution in [0.4, 0.5) is 0 Å². The Bertz CT molecular complexity index is 607. The van der Waals surface area contributed by atoms with Gasteiger partial charge < -0.3 is 0 Å². The molecule has 0 bridgehead atoms. The summed E-state index contributed by atoms with van der Waals surface area (Å²) in [6, 6.07) is 0. The van der Waals surface area contributed by atoms with Crippen molar-refractivity contribution >= 4 is 0 Å². The van der Waals surface area contributed by atoms with Gasteiger partial charge in [0.15, 0.2) is 0 Å². The van der Waals surface area contributed by atoms with Crippen molar-refractivity contribution in [1.29, 1.82) is 0 Å². The second-order valence-corrected chi connectivity index (χ2v) is 18.8. The maximum absolute atomic E-state index is 2.36. The van der Waals surface area contributed by atoms with Crippen molar-refractivity contribution in [3.8, 4) is 0 Å². The normalized spacial score (nSPS) is 12.3. The van der Waals surface area contributed by atoms with E-state index in [1.807, 2.05) is 0 Å². The van der Waals surface area contributed by atoms with Crippen molar-refractivity contribution in [1.82, 2.24) is 0 Å². The summed E-state index contributed by atoms with van der Waals surface area (Å²) in [5.41, 5.74) is 0. The fourth-order valence-electron chi connectivity index (χ4n) is 9.20. The smallest absolute Gasteiger partial charge is 0.0414 e. The lowest BCUT2D eigenvalue weighted by atomic mass is 9.89. The van der Waals surface area contributed by atoms with Crippen LogP contribution in [0.3, 0.4) is 0 Å². The van der Waals surface area contributed by atoms with Gasteiger partial charge in [-0.25, -0.2) is 0 Å². The summed E-state index contributed by atoms with van der Waals surface area (Å²) in [4.78, 5) is 0. The third kappa shape index (κ3) is 48.1. The molecule has 0 N–H and O–H groups in total. The zero-order valence-corrected chi connectivity index (χ0v) is 38.9. The van der Waals surface area contributed by atoms with Crippen LogP contribution in [0.25, 0.3) is 0 Å². The largest absolute Gasteiger partial charge is 0.0654 e. The maximum Gasteiger partial charge on any atom is -0.0414 e. The summed E-state index contributed by atoms with van der Waals surface area (Å²) in [6.45, 7) is 6.99. The third-order valence-electron chi connectivity index (χ3n) is 13.1. The number of unbranched alkanes of at least 4 members (excludes halogenated alkanes) is 44. The average Bonchev–Trinajstić information content (AvgIpc) is 3.18. The molecule has 0 spiro atoms. The standard InChI is InChI=1S/C54H110/c1-4-7-10-13-15-17-19-21-23-25-27-28-29-30-31-33-35-37-39-41-43-45-47-50-53-54(51-48-12-9-6-3)52-49-46-44-42-40-38-36-34-32-26-24-22-20-18-16-14-11-8-5-2/h54H,4-53H2,1-3H3. The molecule has 326 valence electrons. The first kappa shape index (κ1) is 54.0. The fourth-order valence-corrected chi connectivity index (χ4v) is 9.20. The molecule has 54 heavy (non-hydrogen) atoms. The number of hydrogen-bond donors (Lipinski definition) is 0. The Labute approximate surface area is 346 Å². The fraction of sp³-hybridized carbons (Fsp3) is 1.00. The van der Waals surface area contributed by atoms with E-state index in [0.717, 1.165) is 5.92 Å². The summed E-state index contributed by atoms with van der Waals surface area (Å²) in [7, 11) is 0. The van der Waals surface area contributed by atoms with Gasteiger partial charge in [-0.3, -0.25) is 0 Å². The molecule has 0 aromatic carbocycles. The van der Waals surface area contributed by atoms with Gasteiger partial charge >= 0.3 is 0 Å². The Kier molecular flexibility index (Phi) is 51.0. The Morgan fingerprint density at radius 3 is 0.407 bits per heavy atom. The van der Waals surface area contributed by atoms with Gasteiger partial charge in [-0.15, -0.1) is 0 Å². The highest BCUT2D eigenvalue weighted by Gasteiger charge is 2.09. The zero-order valence-electron chi connectivity index (χ0n) is 38.9. The van der Waals surface area contributed by atoms with Crippen LogP contribution in [-0.2, 0) is 0 Å². The maximum atomic E-state index is 2.36. The monoisotopic (exact) mass is 759 g/mol. The van der Waals surface area contributed by atoms with E-state index in [1.54, 1.807) is 0 Å². The Balaban J connectivity index is 3.52. The second-order valence-electron chi connectivity index (χ2n) is 18.8. The minimum Gasteiger partial charge on any atom is -0.0654 e. The molecule has 0 saturated carbocycles. The summed E-state index contributed by atoms with van der Waals surface area (Å²) < 4.78 is 0. The van der Waals surface area contributed by atoms with E-state index in [0.29, 0.717) is 0 Å². The Morgan fingerprint density at radius 1 is 0.148 bits per heavy atom. The highest BCUT2D eigenvalue weighted by molar-refractivity contribution is 4.62. The molecule has 0 rings (SSSR count). The SMILES string of the molecule is CCCCCCCCCCCCCCCCCCCCCCCCCCC(CCCCCC)CCCCCCCCCCCCCCCCCCCCC. The number of rotatable bonds is 50. The lowest BCUT2D eigenvalue weighted by Gasteiger charge is -2.17. The van der Waals surface area contributed by atoms with Crippen LogP contribution in [-0.4, -0.2) is 0 Å². The van der Waals surface area contributed by atoms with Gasteiger partial charge in [0.05, 0.1) is 0 Å². The molecule has 1 unspecified atom stereocenters. The van der Waals surface area contributed by atoms with Crippen molar-refractivity contribution in [2.24, 2.45) is 5.92 Å². The molecule has 1 atom stereocenters. The molecule has 0 heteroatoms. The van der Waals surface area contributed by atoms with Crippen molar-refractivity contribution in [2.75, 3.05) is 0 Å². The van der Waals surface area contributed by atoms with Gasteiger partial charge in [-0.2, -0.15) is 0 Å². The van der Waals surface area contributed by atoms with Gasteiger partial charge in [0.25, 0.3) is 0 Å². The van der Waals surface area contributed by atoms with Gasteiger partial charge in [-0.1, -0.05) is 342 Å². The average molecular weight is 759 g/mol. The molecule has 0 aliphatic heterocycles. The molecule has 0 aliphatic carbocycles. The van der Waals surface area contributed by atoms with Crippen LogP contribution in [0.15, 0.2) is 0 Å². The second kappa shape index (κ2) is 51.0. The molecule has 0 aliphatic rings. The molecule has 0 saturated heterocycles. The topological polar surface area (TPSA) is 0 Å². The minimum atomic E-state index is 1.03. The highest BCUT2D eigenvalue weighted by Crippen LogP contribution is 2.25. The predicted octanol–water partition coefficient (Wildman–Crippen LogP) is 21.2. The summed E-state index contributed by atoms with van der Waals surface area (Å²) in [5, 5.41) is 0. The van der Waals surface area contributed by atoms with Crippen LogP contribution in [0.1, 0.15) is 342 Å². The van der Waals surface area contributed by atoms with E-state index in [2.05, 4.69) is 20.8 Å². The lowest BCUT2D eigenvalue weighted by molar-refractivity contribution is 0.366. The summed E-state index contributed by atoms with van der Waals surface area (Å²) >= 11 is 0. The van der Waals surface area contributed by atoms with E-state index in [4.69, 9.17) is 0 Å². The molecule has 0 nitrogen and oxygen atoms in total. The number of hydrogen-bond acceptors (Lipinski definition) is 0. The first-order chi connectivity index (χ1) is 26.8. The summed E-state index contributed by atoms with van der Waals surface area (Å²) in [6.07, 6.45) is 74.3. The van der Waals surface area contributed by atoms with Crippen LogP contribution >= 0.6 is 0 Å². The van der Waals surface area contributed by atoms with E-state index >= 15 is 0 Å². The van der Waals surface area contributed by atoms with Gasteiger partial charge in [0, 0.05) is 0 Å². The van der Waals surface area contributed by atoms with E-state index in [1.165, 1.54) is 321 Å². The molecule has 0 heterocycles. The quantitative estimate of drug-likeness (QED) is 0.0542.